The topological polar surface area (TPSA) is 107 Å². The van der Waals surface area contributed by atoms with Crippen molar-refractivity contribution >= 4 is 23.0 Å². The van der Waals surface area contributed by atoms with Crippen LogP contribution in [-0.4, -0.2) is 40.1 Å². The second-order valence-electron chi connectivity index (χ2n) is 4.07. The van der Waals surface area contributed by atoms with Gasteiger partial charge in [-0.15, -0.1) is 0 Å². The van der Waals surface area contributed by atoms with Gasteiger partial charge in [-0.2, -0.15) is 9.78 Å². The molecular formula is C12H13N3O4. The molecule has 2 rings (SSSR count). The SMILES string of the molecule is COC(=O)C(N)Cc1ccc2c(cnn2C(=O)O)c1. The molecule has 0 fully saturated rings. The van der Waals surface area contributed by atoms with Crippen molar-refractivity contribution in [2.45, 2.75) is 12.5 Å². The van der Waals surface area contributed by atoms with Gasteiger partial charge in [0.15, 0.2) is 0 Å². The zero-order valence-corrected chi connectivity index (χ0v) is 10.2. The number of carbonyl (C=O) groups is 2. The number of nitrogens with zero attached hydrogens (tertiary/aromatic N) is 2. The molecule has 7 heteroatoms. The molecule has 2 aromatic rings. The van der Waals surface area contributed by atoms with Crippen molar-refractivity contribution in [3.05, 3.63) is 30.0 Å². The summed E-state index contributed by atoms with van der Waals surface area (Å²) in [4.78, 5) is 22.1. The van der Waals surface area contributed by atoms with E-state index in [1.165, 1.54) is 13.3 Å². The van der Waals surface area contributed by atoms with E-state index in [2.05, 4.69) is 9.84 Å². The molecule has 7 nitrogen and oxygen atoms in total. The molecular weight excluding hydrogens is 250 g/mol. The zero-order valence-electron chi connectivity index (χ0n) is 10.2. The van der Waals surface area contributed by atoms with Gasteiger partial charge in [0.25, 0.3) is 0 Å². The van der Waals surface area contributed by atoms with Gasteiger partial charge in [0.1, 0.15) is 6.04 Å². The minimum atomic E-state index is -1.14. The summed E-state index contributed by atoms with van der Waals surface area (Å²) in [6.45, 7) is 0. The fourth-order valence-electron chi connectivity index (χ4n) is 1.85. The summed E-state index contributed by atoms with van der Waals surface area (Å²) in [6, 6.07) is 4.36. The number of nitrogens with two attached hydrogens (primary N) is 1. The van der Waals surface area contributed by atoms with E-state index < -0.39 is 18.1 Å². The minimum Gasteiger partial charge on any atom is -0.468 e. The highest BCUT2D eigenvalue weighted by atomic mass is 16.5. The molecule has 1 unspecified atom stereocenters. The van der Waals surface area contributed by atoms with Crippen molar-refractivity contribution in [2.24, 2.45) is 5.73 Å². The van der Waals surface area contributed by atoms with E-state index in [-0.39, 0.29) is 0 Å². The number of hydrogen-bond donors (Lipinski definition) is 2. The van der Waals surface area contributed by atoms with Crippen molar-refractivity contribution in [3.63, 3.8) is 0 Å². The lowest BCUT2D eigenvalue weighted by molar-refractivity contribution is -0.142. The van der Waals surface area contributed by atoms with Crippen LogP contribution >= 0.6 is 0 Å². The number of hydrogen-bond acceptors (Lipinski definition) is 5. The highest BCUT2D eigenvalue weighted by Gasteiger charge is 2.15. The molecule has 100 valence electrons. The predicted octanol–water partition coefficient (Wildman–Crippen LogP) is 0.605. The molecule has 0 aliphatic carbocycles. The molecule has 0 saturated heterocycles. The molecule has 0 bridgehead atoms. The van der Waals surface area contributed by atoms with Crippen LogP contribution in [0.15, 0.2) is 24.4 Å². The van der Waals surface area contributed by atoms with Crippen LogP contribution in [0.3, 0.4) is 0 Å². The first kappa shape index (κ1) is 13.0. The Balaban J connectivity index is 2.28. The zero-order chi connectivity index (χ0) is 14.0. The van der Waals surface area contributed by atoms with E-state index in [0.717, 1.165) is 10.2 Å². The second-order valence-corrected chi connectivity index (χ2v) is 4.07. The largest absolute Gasteiger partial charge is 0.468 e. The Morgan fingerprint density at radius 1 is 1.53 bits per heavy atom. The molecule has 0 amide bonds. The summed E-state index contributed by atoms with van der Waals surface area (Å²) in [6.07, 6.45) is 0.631. The molecule has 0 spiro atoms. The molecule has 1 atom stereocenters. The number of esters is 1. The average molecular weight is 263 g/mol. The number of carbonyl (C=O) groups excluding carboxylic acids is 1. The van der Waals surface area contributed by atoms with Crippen LogP contribution in [0.5, 0.6) is 0 Å². The van der Waals surface area contributed by atoms with Crippen molar-refractivity contribution in [2.75, 3.05) is 7.11 Å². The Morgan fingerprint density at radius 3 is 2.89 bits per heavy atom. The lowest BCUT2D eigenvalue weighted by Gasteiger charge is -2.09. The van der Waals surface area contributed by atoms with Crippen molar-refractivity contribution in [1.82, 2.24) is 9.78 Å². The summed E-state index contributed by atoms with van der Waals surface area (Å²) in [7, 11) is 1.28. The van der Waals surface area contributed by atoms with Crippen LogP contribution in [0.2, 0.25) is 0 Å². The van der Waals surface area contributed by atoms with Crippen LogP contribution in [0.25, 0.3) is 10.9 Å². The third-order valence-electron chi connectivity index (χ3n) is 2.77. The van der Waals surface area contributed by atoms with Crippen molar-refractivity contribution in [1.29, 1.82) is 0 Å². The molecule has 0 aliphatic heterocycles. The van der Waals surface area contributed by atoms with Gasteiger partial charge >= 0.3 is 12.1 Å². The van der Waals surface area contributed by atoms with E-state index in [1.54, 1.807) is 18.2 Å². The average Bonchev–Trinajstić information content (AvgIpc) is 2.80. The van der Waals surface area contributed by atoms with Gasteiger partial charge in [0, 0.05) is 5.39 Å². The van der Waals surface area contributed by atoms with Gasteiger partial charge in [-0.25, -0.2) is 4.79 Å². The summed E-state index contributed by atoms with van der Waals surface area (Å²) in [5.41, 5.74) is 6.97. The quantitative estimate of drug-likeness (QED) is 0.785. The Labute approximate surface area is 108 Å². The second kappa shape index (κ2) is 5.07. The van der Waals surface area contributed by atoms with E-state index in [1.807, 2.05) is 0 Å². The summed E-state index contributed by atoms with van der Waals surface area (Å²) >= 11 is 0. The maximum Gasteiger partial charge on any atom is 0.432 e. The molecule has 1 heterocycles. The van der Waals surface area contributed by atoms with E-state index in [9.17, 15) is 9.59 Å². The Hall–Kier alpha value is -2.41. The Kier molecular flexibility index (Phi) is 3.48. The first-order chi connectivity index (χ1) is 9.02. The molecule has 19 heavy (non-hydrogen) atoms. The number of ether oxygens (including phenoxy) is 1. The van der Waals surface area contributed by atoms with E-state index >= 15 is 0 Å². The van der Waals surface area contributed by atoms with Gasteiger partial charge in [-0.1, -0.05) is 6.07 Å². The number of carboxylic acid groups (broad SMARTS) is 1. The van der Waals surface area contributed by atoms with Crippen molar-refractivity contribution in [3.8, 4) is 0 Å². The maximum absolute atomic E-state index is 11.2. The smallest absolute Gasteiger partial charge is 0.432 e. The third-order valence-corrected chi connectivity index (χ3v) is 2.77. The lowest BCUT2D eigenvalue weighted by atomic mass is 10.1. The first-order valence-electron chi connectivity index (χ1n) is 5.56. The fraction of sp³-hybridized carbons (Fsp3) is 0.250. The molecule has 0 aliphatic rings. The summed E-state index contributed by atoms with van der Waals surface area (Å²) in [5, 5.41) is 13.3. The minimum absolute atomic E-state index is 0.320. The van der Waals surface area contributed by atoms with Crippen LogP contribution in [0.4, 0.5) is 4.79 Å². The van der Waals surface area contributed by atoms with Crippen LogP contribution in [0, 0.1) is 0 Å². The Bertz CT molecular complexity index is 635. The predicted molar refractivity (Wildman–Crippen MR) is 66.9 cm³/mol. The summed E-state index contributed by atoms with van der Waals surface area (Å²) in [5.74, 6) is -0.485. The fourth-order valence-corrected chi connectivity index (χ4v) is 1.85. The molecule has 1 aromatic carbocycles. The highest BCUT2D eigenvalue weighted by Crippen LogP contribution is 2.16. The Morgan fingerprint density at radius 2 is 2.26 bits per heavy atom. The van der Waals surface area contributed by atoms with E-state index in [0.29, 0.717) is 17.3 Å². The maximum atomic E-state index is 11.2. The van der Waals surface area contributed by atoms with Crippen LogP contribution < -0.4 is 5.73 Å². The van der Waals surface area contributed by atoms with Crippen LogP contribution in [-0.2, 0) is 16.0 Å². The van der Waals surface area contributed by atoms with Gasteiger partial charge in [0.05, 0.1) is 18.8 Å². The van der Waals surface area contributed by atoms with Crippen LogP contribution in [0.1, 0.15) is 5.56 Å². The standard InChI is InChI=1S/C12H13N3O4/c1-19-11(16)9(13)5-7-2-3-10-8(4-7)6-14-15(10)12(17)18/h2-4,6,9H,5,13H2,1H3,(H,17,18). The summed E-state index contributed by atoms with van der Waals surface area (Å²) < 4.78 is 5.44. The van der Waals surface area contributed by atoms with Crippen molar-refractivity contribution < 1.29 is 19.4 Å². The molecule has 3 N–H and O–H groups in total. The van der Waals surface area contributed by atoms with Gasteiger partial charge in [-0.3, -0.25) is 4.79 Å². The number of methoxy groups -OCH3 is 1. The lowest BCUT2D eigenvalue weighted by Crippen LogP contribution is -2.33. The monoisotopic (exact) mass is 263 g/mol. The van der Waals surface area contributed by atoms with E-state index in [4.69, 9.17) is 10.8 Å². The number of rotatable bonds is 3. The van der Waals surface area contributed by atoms with Gasteiger partial charge in [0.2, 0.25) is 0 Å². The molecule has 1 aromatic heterocycles. The number of fused-ring (bicyclic) bond motifs is 1. The number of benzene rings is 1. The highest BCUT2D eigenvalue weighted by molar-refractivity contribution is 5.87. The van der Waals surface area contributed by atoms with Gasteiger partial charge < -0.3 is 15.6 Å². The normalized spacial score (nSPS) is 12.3. The molecule has 0 radical (unpaired) electrons. The van der Waals surface area contributed by atoms with Gasteiger partial charge in [-0.05, 0) is 24.1 Å². The molecule has 0 saturated carbocycles. The third kappa shape index (κ3) is 2.55. The first-order valence-corrected chi connectivity index (χ1v) is 5.56. The number of aromatic nitrogens is 2.